The molecule has 3 unspecified atom stereocenters. The van der Waals surface area contributed by atoms with Gasteiger partial charge in [0.05, 0.1) is 10.6 Å². The van der Waals surface area contributed by atoms with Gasteiger partial charge in [0.2, 0.25) is 5.78 Å². The van der Waals surface area contributed by atoms with Crippen molar-refractivity contribution >= 4 is 51.8 Å². The second-order valence-corrected chi connectivity index (χ2v) is 11.1. The van der Waals surface area contributed by atoms with Gasteiger partial charge >= 0.3 is 0 Å². The lowest BCUT2D eigenvalue weighted by atomic mass is 10.0. The Morgan fingerprint density at radius 2 is 1.76 bits per heavy atom. The van der Waals surface area contributed by atoms with Crippen molar-refractivity contribution in [1.29, 1.82) is 0 Å². The zero-order valence-electron chi connectivity index (χ0n) is 20.1. The molecule has 1 aliphatic heterocycles. The number of rotatable bonds is 6. The Kier molecular flexibility index (Phi) is 8.43. The Morgan fingerprint density at radius 1 is 1.00 bits per heavy atom. The van der Waals surface area contributed by atoms with E-state index in [9.17, 15) is 22.9 Å². The number of benzene rings is 3. The normalized spacial score (nSPS) is 18.6. The first kappa shape index (κ1) is 27.4. The van der Waals surface area contributed by atoms with Gasteiger partial charge in [-0.1, -0.05) is 29.3 Å². The second kappa shape index (κ2) is 11.4. The highest BCUT2D eigenvalue weighted by molar-refractivity contribution is 7.92. The van der Waals surface area contributed by atoms with Crippen LogP contribution in [0.3, 0.4) is 0 Å². The van der Waals surface area contributed by atoms with Crippen molar-refractivity contribution in [2.24, 2.45) is 0 Å². The number of nitrogens with zero attached hydrogens (tertiary/aromatic N) is 2. The summed E-state index contributed by atoms with van der Waals surface area (Å²) in [4.78, 5) is 29.9. The SMILES string of the molecule is CC1C(C)N(c2cccc(Cl)c2)CCN1C(=O)c1ccc([S+]([O-])CC(=O)c2ccc(F)cc2F)c(Cl)c1. The Bertz CT molecular complexity index is 1340. The fraction of sp³-hybridized carbons (Fsp3) is 0.259. The number of piperazine rings is 1. The van der Waals surface area contributed by atoms with Crippen LogP contribution in [0.5, 0.6) is 0 Å². The van der Waals surface area contributed by atoms with Crippen molar-refractivity contribution in [3.8, 4) is 0 Å². The van der Waals surface area contributed by atoms with Gasteiger partial charge in [0, 0.05) is 47.5 Å². The quantitative estimate of drug-likeness (QED) is 0.272. The predicted octanol–water partition coefficient (Wildman–Crippen LogP) is 6.00. The monoisotopic (exact) mass is 564 g/mol. The molecular weight excluding hydrogens is 541 g/mol. The van der Waals surface area contributed by atoms with E-state index in [-0.39, 0.29) is 33.5 Å². The van der Waals surface area contributed by atoms with E-state index in [4.69, 9.17) is 23.2 Å². The lowest BCUT2D eigenvalue weighted by molar-refractivity contribution is 0.0633. The van der Waals surface area contributed by atoms with Crippen LogP contribution in [-0.2, 0) is 11.2 Å². The number of anilines is 1. The number of carbonyl (C=O) groups excluding carboxylic acids is 2. The van der Waals surface area contributed by atoms with Crippen LogP contribution in [0.1, 0.15) is 34.6 Å². The summed E-state index contributed by atoms with van der Waals surface area (Å²) in [5.74, 6) is -3.32. The third kappa shape index (κ3) is 5.93. The van der Waals surface area contributed by atoms with E-state index in [1.165, 1.54) is 18.2 Å². The molecule has 0 aromatic heterocycles. The average Bonchev–Trinajstić information content (AvgIpc) is 2.85. The summed E-state index contributed by atoms with van der Waals surface area (Å²) in [6.07, 6.45) is 0. The maximum atomic E-state index is 13.9. The molecule has 194 valence electrons. The van der Waals surface area contributed by atoms with Gasteiger partial charge in [-0.25, -0.2) is 8.78 Å². The molecule has 0 saturated carbocycles. The molecule has 1 saturated heterocycles. The van der Waals surface area contributed by atoms with Crippen LogP contribution in [0.2, 0.25) is 10.0 Å². The standard InChI is InChI=1S/C27H24Cl2F2N2O3S/c1-16-17(2)33(11-10-32(16)21-5-3-4-19(28)13-21)27(35)18-6-9-26(23(29)12-18)37(36)15-25(34)22-8-7-20(30)14-24(22)31/h3-9,12-14,16-17H,10-11,15H2,1-2H3. The highest BCUT2D eigenvalue weighted by atomic mass is 35.5. The molecular formula is C27H24Cl2F2N2O3S. The zero-order chi connectivity index (χ0) is 26.9. The van der Waals surface area contributed by atoms with Crippen LogP contribution in [0.4, 0.5) is 14.5 Å². The van der Waals surface area contributed by atoms with Crippen molar-refractivity contribution < 1.29 is 22.9 Å². The highest BCUT2D eigenvalue weighted by Gasteiger charge is 2.34. The van der Waals surface area contributed by atoms with Gasteiger partial charge in [0.15, 0.2) is 10.6 Å². The van der Waals surface area contributed by atoms with Gasteiger partial charge in [-0.05, 0) is 73.6 Å². The minimum atomic E-state index is -1.89. The van der Waals surface area contributed by atoms with Crippen LogP contribution in [0, 0.1) is 11.6 Å². The van der Waals surface area contributed by atoms with E-state index in [2.05, 4.69) is 4.90 Å². The average molecular weight is 565 g/mol. The summed E-state index contributed by atoms with van der Waals surface area (Å²) in [5, 5.41) is 0.710. The molecule has 0 aliphatic carbocycles. The Labute approximate surface area is 227 Å². The molecule has 1 amide bonds. The number of halogens is 4. The lowest BCUT2D eigenvalue weighted by Crippen LogP contribution is -2.59. The number of hydrogen-bond donors (Lipinski definition) is 0. The van der Waals surface area contributed by atoms with Crippen molar-refractivity contribution in [3.05, 3.63) is 93.5 Å². The van der Waals surface area contributed by atoms with Gasteiger partial charge in [-0.3, -0.25) is 9.59 Å². The zero-order valence-corrected chi connectivity index (χ0v) is 22.4. The van der Waals surface area contributed by atoms with Crippen LogP contribution < -0.4 is 4.90 Å². The highest BCUT2D eigenvalue weighted by Crippen LogP contribution is 2.29. The molecule has 5 nitrogen and oxygen atoms in total. The molecule has 0 bridgehead atoms. The molecule has 1 fully saturated rings. The number of amides is 1. The molecule has 3 aromatic carbocycles. The fourth-order valence-electron chi connectivity index (χ4n) is 4.42. The van der Waals surface area contributed by atoms with E-state index in [0.717, 1.165) is 17.8 Å². The first-order valence-corrected chi connectivity index (χ1v) is 13.6. The molecule has 3 atom stereocenters. The van der Waals surface area contributed by atoms with Crippen LogP contribution in [-0.4, -0.2) is 52.1 Å². The molecule has 0 radical (unpaired) electrons. The Hall–Kier alpha value is -2.65. The fourth-order valence-corrected chi connectivity index (χ4v) is 6.09. The first-order chi connectivity index (χ1) is 17.6. The van der Waals surface area contributed by atoms with Gasteiger partial charge in [0.1, 0.15) is 11.6 Å². The minimum Gasteiger partial charge on any atom is -0.611 e. The lowest BCUT2D eigenvalue weighted by Gasteiger charge is -2.46. The first-order valence-electron chi connectivity index (χ1n) is 11.6. The summed E-state index contributed by atoms with van der Waals surface area (Å²) >= 11 is 10.6. The van der Waals surface area contributed by atoms with Crippen LogP contribution >= 0.6 is 23.2 Å². The van der Waals surface area contributed by atoms with Crippen LogP contribution in [0.25, 0.3) is 0 Å². The number of ketones is 1. The predicted molar refractivity (Wildman–Crippen MR) is 142 cm³/mol. The van der Waals surface area contributed by atoms with Crippen molar-refractivity contribution in [2.75, 3.05) is 23.7 Å². The summed E-state index contributed by atoms with van der Waals surface area (Å²) in [6.45, 7) is 5.13. The number of hydrogen-bond acceptors (Lipinski definition) is 4. The van der Waals surface area contributed by atoms with Crippen molar-refractivity contribution in [3.63, 3.8) is 0 Å². The van der Waals surface area contributed by atoms with Gasteiger partial charge < -0.3 is 14.4 Å². The van der Waals surface area contributed by atoms with Gasteiger partial charge in [-0.2, -0.15) is 0 Å². The van der Waals surface area contributed by atoms with Gasteiger partial charge in [-0.15, -0.1) is 0 Å². The third-order valence-corrected chi connectivity index (χ3v) is 8.61. The molecule has 0 spiro atoms. The summed E-state index contributed by atoms with van der Waals surface area (Å²) in [6, 6.07) is 14.5. The topological polar surface area (TPSA) is 63.7 Å². The molecule has 0 N–H and O–H groups in total. The molecule has 3 aromatic rings. The maximum Gasteiger partial charge on any atom is 0.254 e. The minimum absolute atomic E-state index is 0.0243. The summed E-state index contributed by atoms with van der Waals surface area (Å²) in [5.41, 5.74) is 0.971. The molecule has 4 rings (SSSR count). The third-order valence-electron chi connectivity index (χ3n) is 6.58. The maximum absolute atomic E-state index is 13.9. The molecule has 1 heterocycles. The van der Waals surface area contributed by atoms with E-state index in [1.807, 2.05) is 38.1 Å². The van der Waals surface area contributed by atoms with E-state index in [1.54, 1.807) is 4.90 Å². The van der Waals surface area contributed by atoms with Crippen molar-refractivity contribution in [2.45, 2.75) is 30.8 Å². The Balaban J connectivity index is 1.45. The largest absolute Gasteiger partial charge is 0.611 e. The summed E-state index contributed by atoms with van der Waals surface area (Å²) in [7, 11) is 0. The molecule has 1 aliphatic rings. The molecule has 37 heavy (non-hydrogen) atoms. The van der Waals surface area contributed by atoms with E-state index in [0.29, 0.717) is 29.7 Å². The Morgan fingerprint density at radius 3 is 2.43 bits per heavy atom. The number of carbonyl (C=O) groups is 2. The second-order valence-electron chi connectivity index (χ2n) is 8.84. The number of Topliss-reactive ketones (excluding diaryl/α,β-unsaturated/α-hetero) is 1. The van der Waals surface area contributed by atoms with Gasteiger partial charge in [0.25, 0.3) is 5.91 Å². The van der Waals surface area contributed by atoms with E-state index < -0.39 is 34.3 Å². The molecule has 10 heteroatoms. The van der Waals surface area contributed by atoms with E-state index >= 15 is 0 Å². The smallest absolute Gasteiger partial charge is 0.254 e. The van der Waals surface area contributed by atoms with Crippen LogP contribution in [0.15, 0.2) is 65.6 Å². The summed E-state index contributed by atoms with van der Waals surface area (Å²) < 4.78 is 39.8. The van der Waals surface area contributed by atoms with Crippen molar-refractivity contribution in [1.82, 2.24) is 4.90 Å².